The average molecular weight is 249 g/mol. The topological polar surface area (TPSA) is 44.5 Å². The first-order valence-electron chi connectivity index (χ1n) is 6.64. The number of rotatable bonds is 3. The van der Waals surface area contributed by atoms with Crippen molar-refractivity contribution in [1.82, 2.24) is 0 Å². The van der Waals surface area contributed by atoms with Crippen molar-refractivity contribution in [3.8, 4) is 11.5 Å². The Labute approximate surface area is 109 Å². The van der Waals surface area contributed by atoms with Gasteiger partial charge in [-0.2, -0.15) is 0 Å². The number of methoxy groups -OCH3 is 2. The van der Waals surface area contributed by atoms with Gasteiger partial charge in [-0.3, -0.25) is 0 Å². The lowest BCUT2D eigenvalue weighted by atomic mass is 9.81. The SMILES string of the molecule is COc1ccc(C2CCC(N)CC2)c(OC)c1C. The van der Waals surface area contributed by atoms with Crippen LogP contribution in [0.25, 0.3) is 0 Å². The van der Waals surface area contributed by atoms with E-state index in [2.05, 4.69) is 13.0 Å². The molecule has 100 valence electrons. The zero-order chi connectivity index (χ0) is 13.1. The molecule has 18 heavy (non-hydrogen) atoms. The highest BCUT2D eigenvalue weighted by atomic mass is 16.5. The lowest BCUT2D eigenvalue weighted by Crippen LogP contribution is -2.25. The Bertz CT molecular complexity index is 409. The Balaban J connectivity index is 2.30. The van der Waals surface area contributed by atoms with Crippen LogP contribution < -0.4 is 15.2 Å². The molecule has 1 fully saturated rings. The van der Waals surface area contributed by atoms with Crippen LogP contribution in [0.5, 0.6) is 11.5 Å². The highest BCUT2D eigenvalue weighted by Gasteiger charge is 2.24. The summed E-state index contributed by atoms with van der Waals surface area (Å²) in [6.07, 6.45) is 4.53. The van der Waals surface area contributed by atoms with Crippen molar-refractivity contribution >= 4 is 0 Å². The highest BCUT2D eigenvalue weighted by molar-refractivity contribution is 5.50. The molecule has 0 heterocycles. The van der Waals surface area contributed by atoms with E-state index in [0.29, 0.717) is 12.0 Å². The Morgan fingerprint density at radius 2 is 1.72 bits per heavy atom. The normalized spacial score (nSPS) is 23.8. The molecule has 0 aliphatic heterocycles. The van der Waals surface area contributed by atoms with Gasteiger partial charge in [0.05, 0.1) is 14.2 Å². The third-order valence-electron chi connectivity index (χ3n) is 4.02. The van der Waals surface area contributed by atoms with E-state index in [1.807, 2.05) is 6.07 Å². The van der Waals surface area contributed by atoms with Crippen LogP contribution in [-0.4, -0.2) is 20.3 Å². The van der Waals surface area contributed by atoms with Gasteiger partial charge in [0.15, 0.2) is 0 Å². The van der Waals surface area contributed by atoms with E-state index in [9.17, 15) is 0 Å². The predicted molar refractivity (Wildman–Crippen MR) is 73.5 cm³/mol. The van der Waals surface area contributed by atoms with Gasteiger partial charge in [0.1, 0.15) is 11.5 Å². The molecular weight excluding hydrogens is 226 g/mol. The third-order valence-corrected chi connectivity index (χ3v) is 4.02. The molecule has 0 atom stereocenters. The van der Waals surface area contributed by atoms with Crippen LogP contribution in [0, 0.1) is 6.92 Å². The van der Waals surface area contributed by atoms with Gasteiger partial charge < -0.3 is 15.2 Å². The lowest BCUT2D eigenvalue weighted by Gasteiger charge is -2.28. The van der Waals surface area contributed by atoms with E-state index in [-0.39, 0.29) is 0 Å². The van der Waals surface area contributed by atoms with E-state index in [1.54, 1.807) is 14.2 Å². The molecule has 1 aliphatic rings. The minimum Gasteiger partial charge on any atom is -0.496 e. The Morgan fingerprint density at radius 1 is 1.06 bits per heavy atom. The molecule has 3 nitrogen and oxygen atoms in total. The number of ether oxygens (including phenoxy) is 2. The molecule has 1 saturated carbocycles. The Hall–Kier alpha value is -1.22. The zero-order valence-electron chi connectivity index (χ0n) is 11.5. The largest absolute Gasteiger partial charge is 0.496 e. The fraction of sp³-hybridized carbons (Fsp3) is 0.600. The summed E-state index contributed by atoms with van der Waals surface area (Å²) in [6.45, 7) is 2.05. The van der Waals surface area contributed by atoms with E-state index in [1.165, 1.54) is 5.56 Å². The second-order valence-corrected chi connectivity index (χ2v) is 5.13. The highest BCUT2D eigenvalue weighted by Crippen LogP contribution is 2.41. The summed E-state index contributed by atoms with van der Waals surface area (Å²) in [7, 11) is 3.43. The molecule has 0 aromatic heterocycles. The van der Waals surface area contributed by atoms with Gasteiger partial charge >= 0.3 is 0 Å². The second kappa shape index (κ2) is 5.61. The van der Waals surface area contributed by atoms with Crippen molar-refractivity contribution in [3.63, 3.8) is 0 Å². The Morgan fingerprint density at radius 3 is 2.28 bits per heavy atom. The standard InChI is InChI=1S/C15H23NO2/c1-10-14(17-2)9-8-13(15(10)18-3)11-4-6-12(16)7-5-11/h8-9,11-12H,4-7,16H2,1-3H3. The first-order valence-corrected chi connectivity index (χ1v) is 6.64. The van der Waals surface area contributed by atoms with E-state index < -0.39 is 0 Å². The fourth-order valence-electron chi connectivity index (χ4n) is 2.94. The quantitative estimate of drug-likeness (QED) is 0.895. The molecule has 2 rings (SSSR count). The molecule has 1 aliphatic carbocycles. The average Bonchev–Trinajstić information content (AvgIpc) is 2.39. The van der Waals surface area contributed by atoms with Crippen molar-refractivity contribution in [2.45, 2.75) is 44.6 Å². The van der Waals surface area contributed by atoms with Crippen LogP contribution in [0.3, 0.4) is 0 Å². The predicted octanol–water partition coefficient (Wildman–Crippen LogP) is 3.00. The minimum atomic E-state index is 0.381. The molecule has 0 amide bonds. The van der Waals surface area contributed by atoms with E-state index in [4.69, 9.17) is 15.2 Å². The lowest BCUT2D eigenvalue weighted by molar-refractivity contribution is 0.361. The maximum atomic E-state index is 5.97. The molecule has 1 aromatic rings. The van der Waals surface area contributed by atoms with E-state index >= 15 is 0 Å². The summed E-state index contributed by atoms with van der Waals surface area (Å²) in [5.74, 6) is 2.45. The van der Waals surface area contributed by atoms with Crippen LogP contribution in [0.1, 0.15) is 42.7 Å². The van der Waals surface area contributed by atoms with Crippen molar-refractivity contribution in [2.75, 3.05) is 14.2 Å². The molecule has 0 spiro atoms. The molecule has 0 saturated heterocycles. The second-order valence-electron chi connectivity index (χ2n) is 5.13. The van der Waals surface area contributed by atoms with Crippen molar-refractivity contribution in [1.29, 1.82) is 0 Å². The maximum absolute atomic E-state index is 5.97. The van der Waals surface area contributed by atoms with Gasteiger partial charge in [-0.1, -0.05) is 6.07 Å². The maximum Gasteiger partial charge on any atom is 0.128 e. The monoisotopic (exact) mass is 249 g/mol. The number of benzene rings is 1. The molecule has 2 N–H and O–H groups in total. The fourth-order valence-corrected chi connectivity index (χ4v) is 2.94. The molecular formula is C15H23NO2. The van der Waals surface area contributed by atoms with Gasteiger partial charge in [0, 0.05) is 11.6 Å². The Kier molecular flexibility index (Phi) is 4.12. The summed E-state index contributed by atoms with van der Waals surface area (Å²) in [4.78, 5) is 0. The summed E-state index contributed by atoms with van der Waals surface area (Å²) in [5, 5.41) is 0. The zero-order valence-corrected chi connectivity index (χ0v) is 11.5. The molecule has 0 bridgehead atoms. The van der Waals surface area contributed by atoms with Crippen LogP contribution in [0.2, 0.25) is 0 Å². The molecule has 3 heteroatoms. The van der Waals surface area contributed by atoms with Gasteiger partial charge in [-0.25, -0.2) is 0 Å². The van der Waals surface area contributed by atoms with Crippen LogP contribution in [0.15, 0.2) is 12.1 Å². The van der Waals surface area contributed by atoms with Crippen LogP contribution in [-0.2, 0) is 0 Å². The van der Waals surface area contributed by atoms with Gasteiger partial charge in [0.25, 0.3) is 0 Å². The summed E-state index contributed by atoms with van der Waals surface area (Å²) in [5.41, 5.74) is 8.37. The number of hydrogen-bond acceptors (Lipinski definition) is 3. The molecule has 1 aromatic carbocycles. The summed E-state index contributed by atoms with van der Waals surface area (Å²) < 4.78 is 10.9. The van der Waals surface area contributed by atoms with Crippen LogP contribution in [0.4, 0.5) is 0 Å². The van der Waals surface area contributed by atoms with Crippen molar-refractivity contribution < 1.29 is 9.47 Å². The van der Waals surface area contributed by atoms with Crippen LogP contribution >= 0.6 is 0 Å². The van der Waals surface area contributed by atoms with Gasteiger partial charge in [-0.15, -0.1) is 0 Å². The first kappa shape index (κ1) is 13.2. The van der Waals surface area contributed by atoms with E-state index in [0.717, 1.165) is 42.7 Å². The molecule has 0 radical (unpaired) electrons. The number of nitrogens with two attached hydrogens (primary N) is 1. The number of hydrogen-bond donors (Lipinski definition) is 1. The first-order chi connectivity index (χ1) is 8.67. The van der Waals surface area contributed by atoms with Gasteiger partial charge in [0.2, 0.25) is 0 Å². The smallest absolute Gasteiger partial charge is 0.128 e. The third kappa shape index (κ3) is 2.46. The van der Waals surface area contributed by atoms with Crippen molar-refractivity contribution in [2.24, 2.45) is 5.73 Å². The van der Waals surface area contributed by atoms with Gasteiger partial charge in [-0.05, 0) is 50.2 Å². The molecule has 0 unspecified atom stereocenters. The summed E-state index contributed by atoms with van der Waals surface area (Å²) >= 11 is 0. The van der Waals surface area contributed by atoms with Crippen molar-refractivity contribution in [3.05, 3.63) is 23.3 Å². The minimum absolute atomic E-state index is 0.381. The summed E-state index contributed by atoms with van der Waals surface area (Å²) in [6, 6.07) is 4.57.